The molecule has 0 aliphatic carbocycles. The lowest BCUT2D eigenvalue weighted by atomic mass is 10.1. The van der Waals surface area contributed by atoms with E-state index in [1.54, 1.807) is 6.20 Å². The zero-order valence-electron chi connectivity index (χ0n) is 12.7. The fourth-order valence-corrected chi connectivity index (χ4v) is 2.51. The first-order valence-corrected chi connectivity index (χ1v) is 8.41. The van der Waals surface area contributed by atoms with E-state index in [-0.39, 0.29) is 5.56 Å². The van der Waals surface area contributed by atoms with Crippen molar-refractivity contribution >= 4 is 11.8 Å². The van der Waals surface area contributed by atoms with Crippen molar-refractivity contribution < 1.29 is 4.74 Å². The van der Waals surface area contributed by atoms with E-state index in [0.717, 1.165) is 17.1 Å². The first kappa shape index (κ1) is 15.4. The molecule has 0 saturated carbocycles. The molecule has 1 heterocycles. The Bertz CT molecular complexity index is 830. The molecule has 1 aromatic heterocycles. The van der Waals surface area contributed by atoms with Crippen LogP contribution in [0.2, 0.25) is 0 Å². The molecule has 1 N–H and O–H groups in total. The van der Waals surface area contributed by atoms with Crippen LogP contribution in [0.1, 0.15) is 11.1 Å². The molecule has 0 bridgehead atoms. The molecular formula is C18H16N2O2S. The number of nitrogens with zero attached hydrogens (tertiary/aromatic N) is 1. The summed E-state index contributed by atoms with van der Waals surface area (Å²) in [6, 6.07) is 17.4. The van der Waals surface area contributed by atoms with Gasteiger partial charge < -0.3 is 9.72 Å². The van der Waals surface area contributed by atoms with E-state index >= 15 is 0 Å². The fraction of sp³-hybridized carbons (Fsp3) is 0.111. The van der Waals surface area contributed by atoms with Gasteiger partial charge in [-0.05, 0) is 36.1 Å². The van der Waals surface area contributed by atoms with Crippen molar-refractivity contribution in [3.63, 3.8) is 0 Å². The van der Waals surface area contributed by atoms with Crippen molar-refractivity contribution in [3.05, 3.63) is 82.3 Å². The minimum atomic E-state index is -0.0889. The van der Waals surface area contributed by atoms with E-state index in [1.807, 2.05) is 60.9 Å². The maximum Gasteiger partial charge on any atom is 0.255 e. The van der Waals surface area contributed by atoms with E-state index in [9.17, 15) is 4.79 Å². The molecule has 0 aliphatic heterocycles. The lowest BCUT2D eigenvalue weighted by molar-refractivity contribution is 0.482. The van der Waals surface area contributed by atoms with E-state index in [2.05, 4.69) is 9.97 Å². The highest BCUT2D eigenvalue weighted by Crippen LogP contribution is 2.21. The highest BCUT2D eigenvalue weighted by molar-refractivity contribution is 7.98. The second-order valence-electron chi connectivity index (χ2n) is 4.98. The summed E-state index contributed by atoms with van der Waals surface area (Å²) in [6.45, 7) is 0. The molecule has 0 saturated heterocycles. The Hall–Kier alpha value is -2.53. The van der Waals surface area contributed by atoms with Crippen LogP contribution in [-0.2, 0) is 6.42 Å². The molecule has 3 aromatic rings. The van der Waals surface area contributed by atoms with Crippen molar-refractivity contribution in [2.45, 2.75) is 11.6 Å². The normalized spacial score (nSPS) is 10.5. The Morgan fingerprint density at radius 1 is 1.04 bits per heavy atom. The topological polar surface area (TPSA) is 55.0 Å². The number of benzene rings is 2. The van der Waals surface area contributed by atoms with Gasteiger partial charge in [0.25, 0.3) is 5.56 Å². The molecule has 0 spiro atoms. The Labute approximate surface area is 138 Å². The molecule has 2 aromatic carbocycles. The van der Waals surface area contributed by atoms with Gasteiger partial charge in [0.1, 0.15) is 11.5 Å². The molecule has 23 heavy (non-hydrogen) atoms. The van der Waals surface area contributed by atoms with Gasteiger partial charge >= 0.3 is 0 Å². The molecule has 3 rings (SSSR count). The van der Waals surface area contributed by atoms with Crippen LogP contribution >= 0.6 is 11.8 Å². The molecule has 0 aliphatic rings. The average Bonchev–Trinajstić information content (AvgIpc) is 2.59. The monoisotopic (exact) mass is 324 g/mol. The van der Waals surface area contributed by atoms with Gasteiger partial charge in [0.15, 0.2) is 5.16 Å². The van der Waals surface area contributed by atoms with E-state index in [4.69, 9.17) is 4.74 Å². The molecule has 5 heteroatoms. The van der Waals surface area contributed by atoms with Crippen LogP contribution in [0.4, 0.5) is 0 Å². The molecule has 0 atom stereocenters. The number of para-hydroxylation sites is 1. The standard InChI is InChI=1S/C18H16N2O2S/c1-23-18-19-12-14(17(21)20-18)11-13-7-9-16(10-8-13)22-15-5-3-2-4-6-15/h2-10,12H,11H2,1H3,(H,19,20,21). The van der Waals surface area contributed by atoms with Crippen molar-refractivity contribution in [2.75, 3.05) is 6.26 Å². The van der Waals surface area contributed by atoms with Gasteiger partial charge in [-0.2, -0.15) is 0 Å². The van der Waals surface area contributed by atoms with Crippen molar-refractivity contribution in [3.8, 4) is 11.5 Å². The number of rotatable bonds is 5. The van der Waals surface area contributed by atoms with Crippen LogP contribution in [0, 0.1) is 0 Å². The Kier molecular flexibility index (Phi) is 4.78. The van der Waals surface area contributed by atoms with Crippen LogP contribution in [0.15, 0.2) is 70.7 Å². The van der Waals surface area contributed by atoms with Gasteiger partial charge in [-0.1, -0.05) is 42.1 Å². The minimum Gasteiger partial charge on any atom is -0.457 e. The fourth-order valence-electron chi connectivity index (χ4n) is 2.15. The number of nitrogens with one attached hydrogen (secondary N) is 1. The highest BCUT2D eigenvalue weighted by atomic mass is 32.2. The Morgan fingerprint density at radius 3 is 2.39 bits per heavy atom. The number of aromatic amines is 1. The molecule has 0 unspecified atom stereocenters. The molecule has 0 fully saturated rings. The molecule has 116 valence electrons. The summed E-state index contributed by atoms with van der Waals surface area (Å²) < 4.78 is 5.75. The zero-order chi connectivity index (χ0) is 16.1. The Morgan fingerprint density at radius 2 is 1.74 bits per heavy atom. The summed E-state index contributed by atoms with van der Waals surface area (Å²) >= 11 is 1.42. The van der Waals surface area contributed by atoms with Crippen LogP contribution in [-0.4, -0.2) is 16.2 Å². The van der Waals surface area contributed by atoms with E-state index in [1.165, 1.54) is 11.8 Å². The molecule has 4 nitrogen and oxygen atoms in total. The number of thioether (sulfide) groups is 1. The number of ether oxygens (including phenoxy) is 1. The second-order valence-corrected chi connectivity index (χ2v) is 5.78. The highest BCUT2D eigenvalue weighted by Gasteiger charge is 2.04. The minimum absolute atomic E-state index is 0.0889. The van der Waals surface area contributed by atoms with Crippen LogP contribution < -0.4 is 10.3 Å². The number of aromatic nitrogens is 2. The van der Waals surface area contributed by atoms with Gasteiger partial charge in [0, 0.05) is 18.2 Å². The van der Waals surface area contributed by atoms with Crippen molar-refractivity contribution in [1.29, 1.82) is 0 Å². The quantitative estimate of drug-likeness (QED) is 0.572. The number of H-pyrrole nitrogens is 1. The summed E-state index contributed by atoms with van der Waals surface area (Å²) in [7, 11) is 0. The summed E-state index contributed by atoms with van der Waals surface area (Å²) in [6.07, 6.45) is 4.06. The van der Waals surface area contributed by atoms with Crippen LogP contribution in [0.3, 0.4) is 0 Å². The van der Waals surface area contributed by atoms with Gasteiger partial charge in [0.2, 0.25) is 0 Å². The smallest absolute Gasteiger partial charge is 0.255 e. The van der Waals surface area contributed by atoms with Crippen molar-refractivity contribution in [1.82, 2.24) is 9.97 Å². The number of hydrogen-bond acceptors (Lipinski definition) is 4. The zero-order valence-corrected chi connectivity index (χ0v) is 13.5. The van der Waals surface area contributed by atoms with Gasteiger partial charge in [-0.3, -0.25) is 4.79 Å². The summed E-state index contributed by atoms with van der Waals surface area (Å²) in [5.74, 6) is 1.57. The lowest BCUT2D eigenvalue weighted by Crippen LogP contribution is -2.14. The molecule has 0 amide bonds. The Balaban J connectivity index is 1.71. The maximum atomic E-state index is 12.0. The van der Waals surface area contributed by atoms with Crippen LogP contribution in [0.5, 0.6) is 11.5 Å². The number of hydrogen-bond donors (Lipinski definition) is 1. The second kappa shape index (κ2) is 7.15. The average molecular weight is 324 g/mol. The maximum absolute atomic E-state index is 12.0. The first-order valence-electron chi connectivity index (χ1n) is 7.18. The predicted octanol–water partition coefficient (Wildman–Crippen LogP) is 3.87. The summed E-state index contributed by atoms with van der Waals surface area (Å²) in [5.41, 5.74) is 1.60. The van der Waals surface area contributed by atoms with Gasteiger partial charge in [-0.15, -0.1) is 0 Å². The predicted molar refractivity (Wildman–Crippen MR) is 92.4 cm³/mol. The van der Waals surface area contributed by atoms with Gasteiger partial charge in [0.05, 0.1) is 0 Å². The largest absolute Gasteiger partial charge is 0.457 e. The van der Waals surface area contributed by atoms with E-state index < -0.39 is 0 Å². The third-order valence-corrected chi connectivity index (χ3v) is 3.93. The third-order valence-electron chi connectivity index (χ3n) is 3.34. The summed E-state index contributed by atoms with van der Waals surface area (Å²) in [4.78, 5) is 18.9. The van der Waals surface area contributed by atoms with Crippen LogP contribution in [0.25, 0.3) is 0 Å². The molecule has 0 radical (unpaired) electrons. The SMILES string of the molecule is CSc1ncc(Cc2ccc(Oc3ccccc3)cc2)c(=O)[nH]1. The summed E-state index contributed by atoms with van der Waals surface area (Å²) in [5, 5.41) is 0.630. The lowest BCUT2D eigenvalue weighted by Gasteiger charge is -2.07. The molecular weight excluding hydrogens is 308 g/mol. The first-order chi connectivity index (χ1) is 11.2. The van der Waals surface area contributed by atoms with Crippen molar-refractivity contribution in [2.24, 2.45) is 0 Å². The van der Waals surface area contributed by atoms with E-state index in [0.29, 0.717) is 17.1 Å². The third kappa shape index (κ3) is 4.02. The van der Waals surface area contributed by atoms with Gasteiger partial charge in [-0.25, -0.2) is 4.98 Å².